The molecule has 4 nitrogen and oxygen atoms in total. The molecule has 130 valence electrons. The van der Waals surface area contributed by atoms with Crippen molar-refractivity contribution in [1.82, 2.24) is 4.90 Å². The van der Waals surface area contributed by atoms with Gasteiger partial charge in [-0.25, -0.2) is 4.39 Å². The molecule has 6 heteroatoms. The van der Waals surface area contributed by atoms with Crippen LogP contribution in [-0.4, -0.2) is 42.2 Å². The van der Waals surface area contributed by atoms with E-state index in [0.29, 0.717) is 11.0 Å². The lowest BCUT2D eigenvalue weighted by Gasteiger charge is -2.32. The van der Waals surface area contributed by atoms with Gasteiger partial charge in [-0.15, -0.1) is 0 Å². The molecule has 0 spiro atoms. The van der Waals surface area contributed by atoms with E-state index in [0.717, 1.165) is 25.9 Å². The standard InChI is InChI=1S/C18H25BFNO3/c1-17(2)18(3,4)24-19(23-17)14-8-7-13(11-15(14)20)12-16(22)21-9-5-6-10-21/h7-8,11H,5-6,9-10,12H2,1-4H3. The summed E-state index contributed by atoms with van der Waals surface area (Å²) in [5.41, 5.74) is 0.0545. The maximum atomic E-state index is 14.5. The molecule has 0 saturated carbocycles. The first-order valence-corrected chi connectivity index (χ1v) is 8.61. The summed E-state index contributed by atoms with van der Waals surface area (Å²) < 4.78 is 26.3. The second-order valence-electron chi connectivity index (χ2n) is 7.71. The van der Waals surface area contributed by atoms with E-state index < -0.39 is 18.3 Å². The molecule has 0 N–H and O–H groups in total. The average Bonchev–Trinajstić information content (AvgIpc) is 3.06. The maximum absolute atomic E-state index is 14.5. The highest BCUT2D eigenvalue weighted by Gasteiger charge is 2.52. The SMILES string of the molecule is CC1(C)OB(c2ccc(CC(=O)N3CCCC3)cc2F)OC1(C)C. The fraction of sp³-hybridized carbons (Fsp3) is 0.611. The van der Waals surface area contributed by atoms with Gasteiger partial charge in [0.2, 0.25) is 5.91 Å². The van der Waals surface area contributed by atoms with Gasteiger partial charge in [-0.3, -0.25) is 4.79 Å². The zero-order chi connectivity index (χ0) is 17.5. The Balaban J connectivity index is 1.72. The molecule has 2 fully saturated rings. The van der Waals surface area contributed by atoms with Crippen molar-refractivity contribution in [2.75, 3.05) is 13.1 Å². The van der Waals surface area contributed by atoms with E-state index in [1.54, 1.807) is 12.1 Å². The molecule has 0 radical (unpaired) electrons. The third kappa shape index (κ3) is 3.22. The second-order valence-corrected chi connectivity index (χ2v) is 7.71. The van der Waals surface area contributed by atoms with E-state index in [1.165, 1.54) is 6.07 Å². The fourth-order valence-corrected chi connectivity index (χ4v) is 3.09. The minimum atomic E-state index is -0.724. The summed E-state index contributed by atoms with van der Waals surface area (Å²) in [6.07, 6.45) is 2.35. The summed E-state index contributed by atoms with van der Waals surface area (Å²) in [4.78, 5) is 14.0. The molecule has 1 aromatic rings. The van der Waals surface area contributed by atoms with Gasteiger partial charge in [0.15, 0.2) is 0 Å². The van der Waals surface area contributed by atoms with Crippen LogP contribution in [0.5, 0.6) is 0 Å². The fourth-order valence-electron chi connectivity index (χ4n) is 3.09. The Labute approximate surface area is 143 Å². The van der Waals surface area contributed by atoms with Crippen LogP contribution >= 0.6 is 0 Å². The first-order valence-electron chi connectivity index (χ1n) is 8.61. The summed E-state index contributed by atoms with van der Waals surface area (Å²) in [7, 11) is -0.724. The van der Waals surface area contributed by atoms with Crippen molar-refractivity contribution < 1.29 is 18.5 Å². The largest absolute Gasteiger partial charge is 0.497 e. The van der Waals surface area contributed by atoms with E-state index in [2.05, 4.69) is 0 Å². The van der Waals surface area contributed by atoms with Gasteiger partial charge in [-0.05, 0) is 52.2 Å². The summed E-state index contributed by atoms with van der Waals surface area (Å²) in [5.74, 6) is -0.324. The van der Waals surface area contributed by atoms with Crippen LogP contribution in [0.4, 0.5) is 4.39 Å². The van der Waals surface area contributed by atoms with Gasteiger partial charge in [0.1, 0.15) is 5.82 Å². The predicted molar refractivity (Wildman–Crippen MR) is 91.6 cm³/mol. The average molecular weight is 333 g/mol. The van der Waals surface area contributed by atoms with Gasteiger partial charge in [0.25, 0.3) is 0 Å². The van der Waals surface area contributed by atoms with Crippen LogP contribution < -0.4 is 5.46 Å². The molecule has 0 unspecified atom stereocenters. The molecule has 2 aliphatic heterocycles. The molecule has 24 heavy (non-hydrogen) atoms. The number of amides is 1. The lowest BCUT2D eigenvalue weighted by molar-refractivity contribution is -0.129. The third-order valence-electron chi connectivity index (χ3n) is 5.39. The number of benzene rings is 1. The quantitative estimate of drug-likeness (QED) is 0.797. The van der Waals surface area contributed by atoms with E-state index in [-0.39, 0.29) is 18.1 Å². The zero-order valence-corrected chi connectivity index (χ0v) is 14.9. The van der Waals surface area contributed by atoms with Crippen LogP contribution in [-0.2, 0) is 20.5 Å². The summed E-state index contributed by atoms with van der Waals surface area (Å²) in [5, 5.41) is 0. The predicted octanol–water partition coefficient (Wildman–Crippen LogP) is 2.29. The Kier molecular flexibility index (Phi) is 4.47. The van der Waals surface area contributed by atoms with Crippen molar-refractivity contribution in [3.63, 3.8) is 0 Å². The van der Waals surface area contributed by atoms with Crippen LogP contribution in [0.3, 0.4) is 0 Å². The maximum Gasteiger partial charge on any atom is 0.497 e. The molecule has 1 aromatic carbocycles. The van der Waals surface area contributed by atoms with Crippen LogP contribution in [0.2, 0.25) is 0 Å². The van der Waals surface area contributed by atoms with Crippen molar-refractivity contribution >= 4 is 18.5 Å². The first-order chi connectivity index (χ1) is 11.2. The van der Waals surface area contributed by atoms with E-state index in [9.17, 15) is 9.18 Å². The topological polar surface area (TPSA) is 38.8 Å². The lowest BCUT2D eigenvalue weighted by Crippen LogP contribution is -2.41. The second kappa shape index (κ2) is 6.15. The summed E-state index contributed by atoms with van der Waals surface area (Å²) >= 11 is 0. The number of hydrogen-bond donors (Lipinski definition) is 0. The Hall–Kier alpha value is -1.40. The summed E-state index contributed by atoms with van der Waals surface area (Å²) in [6, 6.07) is 4.88. The van der Waals surface area contributed by atoms with E-state index in [1.807, 2.05) is 32.6 Å². The van der Waals surface area contributed by atoms with Gasteiger partial charge in [0.05, 0.1) is 17.6 Å². The molecule has 2 saturated heterocycles. The van der Waals surface area contributed by atoms with Crippen LogP contribution in [0.25, 0.3) is 0 Å². The molecule has 0 atom stereocenters. The van der Waals surface area contributed by atoms with Gasteiger partial charge < -0.3 is 14.2 Å². The monoisotopic (exact) mass is 333 g/mol. The lowest BCUT2D eigenvalue weighted by atomic mass is 9.78. The smallest absolute Gasteiger partial charge is 0.399 e. The van der Waals surface area contributed by atoms with Gasteiger partial charge >= 0.3 is 7.12 Å². The van der Waals surface area contributed by atoms with Crippen molar-refractivity contribution in [3.8, 4) is 0 Å². The highest BCUT2D eigenvalue weighted by molar-refractivity contribution is 6.62. The number of halogens is 1. The van der Waals surface area contributed by atoms with Crippen LogP contribution in [0.1, 0.15) is 46.1 Å². The molecule has 0 aliphatic carbocycles. The molecule has 1 amide bonds. The first kappa shape index (κ1) is 17.4. The Morgan fingerprint density at radius 1 is 1.17 bits per heavy atom. The highest BCUT2D eigenvalue weighted by Crippen LogP contribution is 2.36. The molecule has 0 aromatic heterocycles. The molecule has 2 heterocycles. The zero-order valence-electron chi connectivity index (χ0n) is 14.9. The van der Waals surface area contributed by atoms with Crippen molar-refractivity contribution in [2.24, 2.45) is 0 Å². The number of carbonyl (C=O) groups is 1. The van der Waals surface area contributed by atoms with Gasteiger partial charge in [-0.1, -0.05) is 12.1 Å². The minimum absolute atomic E-state index is 0.0651. The van der Waals surface area contributed by atoms with Crippen LogP contribution in [0, 0.1) is 5.82 Å². The van der Waals surface area contributed by atoms with E-state index >= 15 is 0 Å². The third-order valence-corrected chi connectivity index (χ3v) is 5.39. The number of likely N-dealkylation sites (tertiary alicyclic amines) is 1. The molecule has 3 rings (SSSR count). The number of hydrogen-bond acceptors (Lipinski definition) is 3. The Morgan fingerprint density at radius 2 is 1.75 bits per heavy atom. The normalized spacial score (nSPS) is 22.2. The van der Waals surface area contributed by atoms with Crippen LogP contribution in [0.15, 0.2) is 18.2 Å². The van der Waals surface area contributed by atoms with Gasteiger partial charge in [0, 0.05) is 18.6 Å². The summed E-state index contributed by atoms with van der Waals surface area (Å²) in [6.45, 7) is 9.38. The Bertz CT molecular complexity index is 625. The Morgan fingerprint density at radius 3 is 2.29 bits per heavy atom. The molecular weight excluding hydrogens is 308 g/mol. The molecular formula is C18H25BFNO3. The molecule has 0 bridgehead atoms. The minimum Gasteiger partial charge on any atom is -0.399 e. The number of rotatable bonds is 3. The highest BCUT2D eigenvalue weighted by atomic mass is 19.1. The molecule has 2 aliphatic rings. The van der Waals surface area contributed by atoms with E-state index in [4.69, 9.17) is 9.31 Å². The number of carbonyl (C=O) groups excluding carboxylic acids is 1. The van der Waals surface area contributed by atoms with Gasteiger partial charge in [-0.2, -0.15) is 0 Å². The van der Waals surface area contributed by atoms with Crippen molar-refractivity contribution in [2.45, 2.75) is 58.2 Å². The number of nitrogens with zero attached hydrogens (tertiary/aromatic N) is 1. The van der Waals surface area contributed by atoms with Crippen molar-refractivity contribution in [1.29, 1.82) is 0 Å². The van der Waals surface area contributed by atoms with Crippen molar-refractivity contribution in [3.05, 3.63) is 29.6 Å².